The molecule has 0 fully saturated rings. The van der Waals surface area contributed by atoms with Crippen LogP contribution in [0.25, 0.3) is 11.1 Å². The normalized spacial score (nSPS) is 11.6. The van der Waals surface area contributed by atoms with Crippen molar-refractivity contribution in [1.82, 2.24) is 9.97 Å². The summed E-state index contributed by atoms with van der Waals surface area (Å²) in [5, 5.41) is 0. The highest BCUT2D eigenvalue weighted by atomic mass is 19.4. The molecule has 0 bridgehead atoms. The molecule has 0 amide bonds. The van der Waals surface area contributed by atoms with Gasteiger partial charge in [-0.1, -0.05) is 0 Å². The highest BCUT2D eigenvalue weighted by Crippen LogP contribution is 2.37. The van der Waals surface area contributed by atoms with Gasteiger partial charge in [0.15, 0.2) is 0 Å². The van der Waals surface area contributed by atoms with E-state index in [2.05, 4.69) is 9.97 Å². The van der Waals surface area contributed by atoms with E-state index in [-0.39, 0.29) is 16.9 Å². The maximum Gasteiger partial charge on any atom is 0.417 e. The van der Waals surface area contributed by atoms with Gasteiger partial charge in [-0.05, 0) is 24.6 Å². The lowest BCUT2D eigenvalue weighted by Crippen LogP contribution is -2.08. The van der Waals surface area contributed by atoms with E-state index in [1.807, 2.05) is 0 Å². The van der Waals surface area contributed by atoms with Crippen LogP contribution in [-0.2, 0) is 6.18 Å². The molecule has 0 aliphatic heterocycles. The molecule has 2 aromatic rings. The molecule has 0 spiro atoms. The van der Waals surface area contributed by atoms with Crippen LogP contribution < -0.4 is 5.73 Å². The van der Waals surface area contributed by atoms with Crippen LogP contribution in [-0.4, -0.2) is 9.97 Å². The summed E-state index contributed by atoms with van der Waals surface area (Å²) in [6.45, 7) is 1.74. The largest absolute Gasteiger partial charge is 0.417 e. The van der Waals surface area contributed by atoms with E-state index < -0.39 is 11.7 Å². The van der Waals surface area contributed by atoms with Crippen LogP contribution in [0.15, 0.2) is 30.7 Å². The molecule has 0 aliphatic rings. The summed E-state index contributed by atoms with van der Waals surface area (Å²) < 4.78 is 38.6. The molecule has 0 radical (unpaired) electrons. The van der Waals surface area contributed by atoms with Gasteiger partial charge in [-0.2, -0.15) is 13.2 Å². The number of rotatable bonds is 1. The number of nitrogen functional groups attached to an aromatic ring is 1. The fourth-order valence-electron chi connectivity index (χ4n) is 1.65. The predicted molar refractivity (Wildman–Crippen MR) is 61.6 cm³/mol. The minimum Gasteiger partial charge on any atom is -0.383 e. The summed E-state index contributed by atoms with van der Waals surface area (Å²) in [4.78, 5) is 7.58. The fraction of sp³-hybridized carbons (Fsp3) is 0.167. The third-order valence-electron chi connectivity index (χ3n) is 2.47. The number of alkyl halides is 3. The number of anilines is 1. The topological polar surface area (TPSA) is 51.8 Å². The lowest BCUT2D eigenvalue weighted by Gasteiger charge is -2.13. The van der Waals surface area contributed by atoms with Crippen molar-refractivity contribution in [2.45, 2.75) is 13.1 Å². The van der Waals surface area contributed by atoms with E-state index >= 15 is 0 Å². The molecule has 6 heteroatoms. The van der Waals surface area contributed by atoms with Crippen LogP contribution in [0, 0.1) is 6.92 Å². The zero-order chi connectivity index (χ0) is 13.3. The van der Waals surface area contributed by atoms with E-state index in [9.17, 15) is 13.2 Å². The minimum absolute atomic E-state index is 0.0547. The Morgan fingerprint density at radius 3 is 2.56 bits per heavy atom. The Hall–Kier alpha value is -2.11. The second-order valence-corrected chi connectivity index (χ2v) is 3.86. The highest BCUT2D eigenvalue weighted by Gasteiger charge is 2.34. The van der Waals surface area contributed by atoms with Gasteiger partial charge in [0.1, 0.15) is 5.82 Å². The molecule has 3 nitrogen and oxygen atoms in total. The highest BCUT2D eigenvalue weighted by molar-refractivity contribution is 5.76. The smallest absolute Gasteiger partial charge is 0.383 e. The molecule has 0 saturated carbocycles. The summed E-state index contributed by atoms with van der Waals surface area (Å²) >= 11 is 0. The SMILES string of the molecule is Cc1cnc(N)c(-c2cnccc2C(F)(F)F)c1. The van der Waals surface area contributed by atoms with Crippen LogP contribution in [0.1, 0.15) is 11.1 Å². The molecule has 94 valence electrons. The molecule has 2 heterocycles. The van der Waals surface area contributed by atoms with Crippen molar-refractivity contribution in [2.75, 3.05) is 5.73 Å². The van der Waals surface area contributed by atoms with Crippen LogP contribution in [0.2, 0.25) is 0 Å². The van der Waals surface area contributed by atoms with Crippen molar-refractivity contribution in [2.24, 2.45) is 0 Å². The number of nitrogens with zero attached hydrogens (tertiary/aromatic N) is 2. The Kier molecular flexibility index (Phi) is 2.94. The van der Waals surface area contributed by atoms with E-state index in [1.54, 1.807) is 13.0 Å². The van der Waals surface area contributed by atoms with Crippen LogP contribution in [0.3, 0.4) is 0 Å². The molecule has 0 aliphatic carbocycles. The Morgan fingerprint density at radius 1 is 1.17 bits per heavy atom. The maximum absolute atomic E-state index is 12.9. The monoisotopic (exact) mass is 253 g/mol. The van der Waals surface area contributed by atoms with Gasteiger partial charge in [0.25, 0.3) is 0 Å². The standard InChI is InChI=1S/C12H10F3N3/c1-7-4-8(11(16)18-5-7)9-6-17-3-2-10(9)12(13,14)15/h2-6H,1H3,(H2,16,18). The minimum atomic E-state index is -4.45. The molecule has 2 aromatic heterocycles. The van der Waals surface area contributed by atoms with Crippen LogP contribution in [0.5, 0.6) is 0 Å². The van der Waals surface area contributed by atoms with Gasteiger partial charge in [-0.15, -0.1) is 0 Å². The molecule has 0 atom stereocenters. The zero-order valence-corrected chi connectivity index (χ0v) is 9.49. The first-order chi connectivity index (χ1) is 8.39. The number of aromatic nitrogens is 2. The second-order valence-electron chi connectivity index (χ2n) is 3.86. The van der Waals surface area contributed by atoms with E-state index in [0.29, 0.717) is 0 Å². The van der Waals surface area contributed by atoms with Crippen molar-refractivity contribution >= 4 is 5.82 Å². The van der Waals surface area contributed by atoms with Crippen molar-refractivity contribution in [3.63, 3.8) is 0 Å². The molecular formula is C12H10F3N3. The third-order valence-corrected chi connectivity index (χ3v) is 2.47. The van der Waals surface area contributed by atoms with Crippen LogP contribution >= 0.6 is 0 Å². The predicted octanol–water partition coefficient (Wildman–Crippen LogP) is 3.05. The number of aryl methyl sites for hydroxylation is 1. The summed E-state index contributed by atoms with van der Waals surface area (Å²) in [5.74, 6) is 0.0547. The number of pyridine rings is 2. The van der Waals surface area contributed by atoms with Crippen molar-refractivity contribution < 1.29 is 13.2 Å². The van der Waals surface area contributed by atoms with Gasteiger partial charge in [-0.3, -0.25) is 4.98 Å². The molecule has 18 heavy (non-hydrogen) atoms. The van der Waals surface area contributed by atoms with Gasteiger partial charge >= 0.3 is 6.18 Å². The quantitative estimate of drug-likeness (QED) is 0.849. The average Bonchev–Trinajstić information content (AvgIpc) is 2.31. The Bertz CT molecular complexity index is 579. The van der Waals surface area contributed by atoms with E-state index in [4.69, 9.17) is 5.73 Å². The summed E-state index contributed by atoms with van der Waals surface area (Å²) in [6.07, 6.45) is -0.696. The van der Waals surface area contributed by atoms with Crippen LogP contribution in [0.4, 0.5) is 19.0 Å². The molecule has 2 rings (SSSR count). The molecule has 0 saturated heterocycles. The first-order valence-electron chi connectivity index (χ1n) is 5.13. The van der Waals surface area contributed by atoms with Crippen molar-refractivity contribution in [3.05, 3.63) is 41.9 Å². The number of nitrogens with two attached hydrogens (primary N) is 1. The molecular weight excluding hydrogens is 243 g/mol. The van der Waals surface area contributed by atoms with Gasteiger partial charge in [0.2, 0.25) is 0 Å². The summed E-state index contributed by atoms with van der Waals surface area (Å²) in [5.41, 5.74) is 5.78. The van der Waals surface area contributed by atoms with Gasteiger partial charge < -0.3 is 5.73 Å². The first-order valence-corrected chi connectivity index (χ1v) is 5.13. The van der Waals surface area contributed by atoms with Gasteiger partial charge in [0.05, 0.1) is 5.56 Å². The Balaban J connectivity index is 2.68. The number of hydrogen-bond donors (Lipinski definition) is 1. The Labute approximate surface area is 101 Å². The summed E-state index contributed by atoms with van der Waals surface area (Å²) in [7, 11) is 0. The average molecular weight is 253 g/mol. The fourth-order valence-corrected chi connectivity index (χ4v) is 1.65. The van der Waals surface area contributed by atoms with Crippen molar-refractivity contribution in [1.29, 1.82) is 0 Å². The zero-order valence-electron chi connectivity index (χ0n) is 9.49. The Morgan fingerprint density at radius 2 is 1.89 bits per heavy atom. The lowest BCUT2D eigenvalue weighted by molar-refractivity contribution is -0.137. The number of halogens is 3. The summed E-state index contributed by atoms with van der Waals surface area (Å²) in [6, 6.07) is 2.49. The first kappa shape index (κ1) is 12.3. The molecule has 0 unspecified atom stereocenters. The molecule has 2 N–H and O–H groups in total. The van der Waals surface area contributed by atoms with Gasteiger partial charge in [0, 0.05) is 29.7 Å². The van der Waals surface area contributed by atoms with Gasteiger partial charge in [-0.25, -0.2) is 4.98 Å². The van der Waals surface area contributed by atoms with Crippen molar-refractivity contribution in [3.8, 4) is 11.1 Å². The lowest BCUT2D eigenvalue weighted by atomic mass is 10.0. The number of hydrogen-bond acceptors (Lipinski definition) is 3. The van der Waals surface area contributed by atoms with E-state index in [0.717, 1.165) is 24.0 Å². The van der Waals surface area contributed by atoms with E-state index in [1.165, 1.54) is 6.20 Å². The molecule has 0 aromatic carbocycles. The second kappa shape index (κ2) is 4.29. The maximum atomic E-state index is 12.9. The third kappa shape index (κ3) is 2.27.